The van der Waals surface area contributed by atoms with E-state index in [-0.39, 0.29) is 11.6 Å². The largest absolute Gasteiger partial charge is 0.367 e. The average Bonchev–Trinajstić information content (AvgIpc) is 2.93. The number of piperidine rings is 1. The topological polar surface area (TPSA) is 15.3 Å². The molecule has 1 saturated heterocycles. The molecule has 0 radical (unpaired) electrons. The average molecular weight is 294 g/mol. The van der Waals surface area contributed by atoms with Gasteiger partial charge in [0.15, 0.2) is 0 Å². The maximum atomic E-state index is 14.0. The van der Waals surface area contributed by atoms with Crippen LogP contribution in [0.4, 0.5) is 14.5 Å². The third-order valence-electron chi connectivity index (χ3n) is 4.74. The van der Waals surface area contributed by atoms with Gasteiger partial charge in [0.25, 0.3) is 0 Å². The molecule has 2 aliphatic rings. The molecule has 2 unspecified atom stereocenters. The lowest BCUT2D eigenvalue weighted by Gasteiger charge is -2.39. The van der Waals surface area contributed by atoms with E-state index in [9.17, 15) is 8.78 Å². The lowest BCUT2D eigenvalue weighted by molar-refractivity contribution is 0.321. The van der Waals surface area contributed by atoms with Crippen LogP contribution in [0.3, 0.4) is 0 Å². The zero-order chi connectivity index (χ0) is 14.8. The summed E-state index contributed by atoms with van der Waals surface area (Å²) < 4.78 is 27.4. The highest BCUT2D eigenvalue weighted by Gasteiger charge is 2.28. The molecule has 2 atom stereocenters. The van der Waals surface area contributed by atoms with Crippen LogP contribution in [0.1, 0.15) is 39.0 Å². The molecule has 1 aliphatic heterocycles. The maximum absolute atomic E-state index is 14.0. The molecule has 1 aromatic carbocycles. The summed E-state index contributed by atoms with van der Waals surface area (Å²) in [6, 6.07) is 4.71. The van der Waals surface area contributed by atoms with Crippen LogP contribution in [0.25, 0.3) is 0 Å². The van der Waals surface area contributed by atoms with Crippen molar-refractivity contribution in [2.45, 2.75) is 51.1 Å². The second-order valence-electron chi connectivity index (χ2n) is 6.69. The van der Waals surface area contributed by atoms with Crippen LogP contribution in [0, 0.1) is 17.6 Å². The molecule has 1 aliphatic carbocycles. The molecule has 4 heteroatoms. The second-order valence-corrected chi connectivity index (χ2v) is 6.69. The van der Waals surface area contributed by atoms with Gasteiger partial charge in [-0.15, -0.1) is 0 Å². The van der Waals surface area contributed by atoms with Crippen LogP contribution in [-0.2, 0) is 0 Å². The van der Waals surface area contributed by atoms with Crippen molar-refractivity contribution in [3.63, 3.8) is 0 Å². The summed E-state index contributed by atoms with van der Waals surface area (Å²) in [7, 11) is 0. The number of hydrogen-bond donors (Lipinski definition) is 1. The zero-order valence-electron chi connectivity index (χ0n) is 12.6. The lowest BCUT2D eigenvalue weighted by atomic mass is 9.94. The molecule has 1 N–H and O–H groups in total. The van der Waals surface area contributed by atoms with Crippen molar-refractivity contribution in [1.29, 1.82) is 0 Å². The predicted molar refractivity (Wildman–Crippen MR) is 81.5 cm³/mol. The number of hydrogen-bond acceptors (Lipinski definition) is 2. The van der Waals surface area contributed by atoms with E-state index in [1.807, 2.05) is 4.90 Å². The Morgan fingerprint density at radius 2 is 1.86 bits per heavy atom. The normalized spacial score (nSPS) is 27.3. The molecule has 2 nitrogen and oxygen atoms in total. The van der Waals surface area contributed by atoms with Crippen LogP contribution in [-0.4, -0.2) is 25.2 Å². The molecule has 1 heterocycles. The summed E-state index contributed by atoms with van der Waals surface area (Å²) >= 11 is 0. The summed E-state index contributed by atoms with van der Waals surface area (Å²) in [4.78, 5) is 2.00. The van der Waals surface area contributed by atoms with Gasteiger partial charge in [0.1, 0.15) is 11.6 Å². The second kappa shape index (κ2) is 6.30. The number of nitrogens with one attached hydrogen (secondary N) is 1. The molecule has 0 spiro atoms. The number of benzene rings is 1. The number of halogens is 2. The van der Waals surface area contributed by atoms with Crippen molar-refractivity contribution in [3.8, 4) is 0 Å². The van der Waals surface area contributed by atoms with Gasteiger partial charge in [0.2, 0.25) is 0 Å². The summed E-state index contributed by atoms with van der Waals surface area (Å²) in [5, 5.41) is 3.72. The van der Waals surface area contributed by atoms with E-state index in [2.05, 4.69) is 12.2 Å². The van der Waals surface area contributed by atoms with Crippen molar-refractivity contribution >= 4 is 5.69 Å². The molecule has 0 amide bonds. The lowest BCUT2D eigenvalue weighted by Crippen LogP contribution is -2.51. The summed E-state index contributed by atoms with van der Waals surface area (Å²) in [5.74, 6) is -0.213. The van der Waals surface area contributed by atoms with Crippen molar-refractivity contribution in [2.24, 2.45) is 5.92 Å². The number of nitrogens with zero attached hydrogens (tertiary/aromatic N) is 1. The van der Waals surface area contributed by atoms with Crippen molar-refractivity contribution in [3.05, 3.63) is 29.8 Å². The number of anilines is 1. The predicted octanol–water partition coefficient (Wildman–Crippen LogP) is 3.71. The maximum Gasteiger partial charge on any atom is 0.146 e. The van der Waals surface area contributed by atoms with Crippen LogP contribution >= 0.6 is 0 Å². The Balaban J connectivity index is 1.71. The van der Waals surface area contributed by atoms with Gasteiger partial charge in [0, 0.05) is 31.2 Å². The SMILES string of the molecule is CC1CC(NC2CCCC2)CN(c2cc(F)ccc2F)C1. The summed E-state index contributed by atoms with van der Waals surface area (Å²) in [6.07, 6.45) is 6.23. The highest BCUT2D eigenvalue weighted by Crippen LogP contribution is 2.27. The number of rotatable bonds is 3. The Morgan fingerprint density at radius 1 is 1.10 bits per heavy atom. The Morgan fingerprint density at radius 3 is 2.62 bits per heavy atom. The molecule has 1 saturated carbocycles. The third kappa shape index (κ3) is 3.54. The Kier molecular flexibility index (Phi) is 4.43. The molecule has 0 aromatic heterocycles. The van der Waals surface area contributed by atoms with Gasteiger partial charge in [-0.3, -0.25) is 0 Å². The van der Waals surface area contributed by atoms with E-state index in [1.54, 1.807) is 0 Å². The first kappa shape index (κ1) is 14.8. The van der Waals surface area contributed by atoms with Crippen molar-refractivity contribution < 1.29 is 8.78 Å². The van der Waals surface area contributed by atoms with E-state index in [0.717, 1.165) is 19.5 Å². The van der Waals surface area contributed by atoms with Gasteiger partial charge >= 0.3 is 0 Å². The summed E-state index contributed by atoms with van der Waals surface area (Å²) in [6.45, 7) is 3.75. The highest BCUT2D eigenvalue weighted by atomic mass is 19.1. The van der Waals surface area contributed by atoms with Crippen molar-refractivity contribution in [1.82, 2.24) is 5.32 Å². The van der Waals surface area contributed by atoms with Crippen molar-refractivity contribution in [2.75, 3.05) is 18.0 Å². The highest BCUT2D eigenvalue weighted by molar-refractivity contribution is 5.48. The first-order chi connectivity index (χ1) is 10.1. The smallest absolute Gasteiger partial charge is 0.146 e. The van der Waals surface area contributed by atoms with Gasteiger partial charge in [-0.1, -0.05) is 19.8 Å². The molecule has 2 fully saturated rings. The fourth-order valence-electron chi connectivity index (χ4n) is 3.82. The Hall–Kier alpha value is -1.16. The summed E-state index contributed by atoms with van der Waals surface area (Å²) in [5.41, 5.74) is 0.403. The molecule has 116 valence electrons. The van der Waals surface area contributed by atoms with E-state index < -0.39 is 0 Å². The van der Waals surface area contributed by atoms with E-state index in [0.29, 0.717) is 23.7 Å². The van der Waals surface area contributed by atoms with Crippen LogP contribution < -0.4 is 10.2 Å². The van der Waals surface area contributed by atoms with Gasteiger partial charge in [-0.05, 0) is 37.3 Å². The monoisotopic (exact) mass is 294 g/mol. The van der Waals surface area contributed by atoms with Crippen LogP contribution in [0.2, 0.25) is 0 Å². The Bertz CT molecular complexity index is 486. The molecule has 3 rings (SSSR count). The van der Waals surface area contributed by atoms with Gasteiger partial charge in [0.05, 0.1) is 5.69 Å². The molecule has 21 heavy (non-hydrogen) atoms. The Labute approximate surface area is 125 Å². The molecule has 0 bridgehead atoms. The molecule has 1 aromatic rings. The van der Waals surface area contributed by atoms with E-state index in [4.69, 9.17) is 0 Å². The molecular weight excluding hydrogens is 270 g/mol. The van der Waals surface area contributed by atoms with Crippen LogP contribution in [0.5, 0.6) is 0 Å². The quantitative estimate of drug-likeness (QED) is 0.914. The van der Waals surface area contributed by atoms with Gasteiger partial charge in [-0.2, -0.15) is 0 Å². The van der Waals surface area contributed by atoms with Gasteiger partial charge < -0.3 is 10.2 Å². The van der Waals surface area contributed by atoms with Crippen LogP contribution in [0.15, 0.2) is 18.2 Å². The fraction of sp³-hybridized carbons (Fsp3) is 0.647. The first-order valence-electron chi connectivity index (χ1n) is 8.08. The minimum atomic E-state index is -0.370. The molecular formula is C17H24F2N2. The minimum Gasteiger partial charge on any atom is -0.367 e. The van der Waals surface area contributed by atoms with E-state index >= 15 is 0 Å². The third-order valence-corrected chi connectivity index (χ3v) is 4.74. The van der Waals surface area contributed by atoms with Gasteiger partial charge in [-0.25, -0.2) is 8.78 Å². The fourth-order valence-corrected chi connectivity index (χ4v) is 3.82. The minimum absolute atomic E-state index is 0.329. The first-order valence-corrected chi connectivity index (χ1v) is 8.08. The zero-order valence-corrected chi connectivity index (χ0v) is 12.6. The standard InChI is InChI=1S/C17H24F2N2/c1-12-8-15(20-14-4-2-3-5-14)11-21(10-12)17-9-13(18)6-7-16(17)19/h6-7,9,12,14-15,20H,2-5,8,10-11H2,1H3. The van der Waals surface area contributed by atoms with E-state index in [1.165, 1.54) is 43.9 Å².